The fourth-order valence-electron chi connectivity index (χ4n) is 3.25. The maximum absolute atomic E-state index is 12.9. The molecule has 0 spiro atoms. The Balaban J connectivity index is 1.59. The van der Waals surface area contributed by atoms with Crippen molar-refractivity contribution in [2.75, 3.05) is 23.8 Å². The van der Waals surface area contributed by atoms with E-state index >= 15 is 0 Å². The van der Waals surface area contributed by atoms with Crippen molar-refractivity contribution in [3.8, 4) is 5.75 Å². The summed E-state index contributed by atoms with van der Waals surface area (Å²) in [4.78, 5) is 32.1. The van der Waals surface area contributed by atoms with Crippen LogP contribution in [0.2, 0.25) is 0 Å². The Kier molecular flexibility index (Phi) is 5.41. The number of aryl methyl sites for hydroxylation is 1. The van der Waals surface area contributed by atoms with E-state index in [-0.39, 0.29) is 17.2 Å². The molecular formula is C20H21N3O3S2. The molecule has 1 aliphatic rings. The number of rotatable bonds is 5. The van der Waals surface area contributed by atoms with E-state index in [1.54, 1.807) is 9.47 Å². The van der Waals surface area contributed by atoms with Crippen LogP contribution in [0.4, 0.5) is 5.69 Å². The Labute approximate surface area is 171 Å². The SMILES string of the molecule is CCCn1c(SCC(=O)N2CCOc3ccc(C)cc32)nc2ccsc2c1=O. The highest BCUT2D eigenvalue weighted by atomic mass is 32.2. The molecule has 1 aromatic carbocycles. The fraction of sp³-hybridized carbons (Fsp3) is 0.350. The molecule has 8 heteroatoms. The Bertz CT molecular complexity index is 1090. The van der Waals surface area contributed by atoms with Gasteiger partial charge in [-0.3, -0.25) is 14.2 Å². The number of nitrogens with zero attached hydrogens (tertiary/aromatic N) is 3. The number of fused-ring (bicyclic) bond motifs is 2. The molecule has 0 atom stereocenters. The number of carbonyl (C=O) groups is 1. The van der Waals surface area contributed by atoms with Crippen molar-refractivity contribution in [2.24, 2.45) is 0 Å². The van der Waals surface area contributed by atoms with Crippen LogP contribution in [0.5, 0.6) is 5.75 Å². The van der Waals surface area contributed by atoms with Crippen molar-refractivity contribution in [3.63, 3.8) is 0 Å². The first-order chi connectivity index (χ1) is 13.6. The van der Waals surface area contributed by atoms with E-state index < -0.39 is 0 Å². The molecule has 0 fully saturated rings. The van der Waals surface area contributed by atoms with Gasteiger partial charge >= 0.3 is 0 Å². The number of ether oxygens (including phenoxy) is 1. The monoisotopic (exact) mass is 415 g/mol. The molecule has 0 saturated heterocycles. The number of hydrogen-bond acceptors (Lipinski definition) is 6. The normalized spacial score (nSPS) is 13.4. The minimum atomic E-state index is -0.0239. The van der Waals surface area contributed by atoms with Gasteiger partial charge in [-0.05, 0) is 42.5 Å². The zero-order valence-electron chi connectivity index (χ0n) is 15.8. The zero-order valence-corrected chi connectivity index (χ0v) is 17.4. The van der Waals surface area contributed by atoms with E-state index in [4.69, 9.17) is 4.74 Å². The quantitative estimate of drug-likeness (QED) is 0.470. The van der Waals surface area contributed by atoms with Gasteiger partial charge in [-0.2, -0.15) is 0 Å². The largest absolute Gasteiger partial charge is 0.490 e. The standard InChI is InChI=1S/C20H21N3O3S2/c1-3-7-23-19(25)18-14(6-10-27-18)21-20(23)28-12-17(24)22-8-9-26-16-5-4-13(2)11-15(16)22/h4-6,10-11H,3,7-9,12H2,1-2H3. The van der Waals surface area contributed by atoms with Crippen LogP contribution in [-0.2, 0) is 11.3 Å². The fourth-order valence-corrected chi connectivity index (χ4v) is 4.93. The molecule has 28 heavy (non-hydrogen) atoms. The molecule has 0 N–H and O–H groups in total. The lowest BCUT2D eigenvalue weighted by molar-refractivity contribution is -0.116. The minimum absolute atomic E-state index is 0.0112. The molecule has 3 heterocycles. The lowest BCUT2D eigenvalue weighted by Crippen LogP contribution is -2.39. The molecule has 146 valence electrons. The third-order valence-electron chi connectivity index (χ3n) is 4.58. The highest BCUT2D eigenvalue weighted by Gasteiger charge is 2.24. The van der Waals surface area contributed by atoms with Gasteiger partial charge in [0.15, 0.2) is 5.16 Å². The molecule has 0 saturated carbocycles. The molecule has 3 aromatic rings. The summed E-state index contributed by atoms with van der Waals surface area (Å²) in [6.07, 6.45) is 0.829. The van der Waals surface area contributed by atoms with Crippen LogP contribution < -0.4 is 15.2 Å². The zero-order chi connectivity index (χ0) is 19.7. The molecule has 6 nitrogen and oxygen atoms in total. The summed E-state index contributed by atoms with van der Waals surface area (Å²) in [6.45, 7) is 5.61. The van der Waals surface area contributed by atoms with Gasteiger partial charge < -0.3 is 9.64 Å². The molecular weight excluding hydrogens is 394 g/mol. The molecule has 1 aliphatic heterocycles. The highest BCUT2D eigenvalue weighted by molar-refractivity contribution is 7.99. The van der Waals surface area contributed by atoms with Crippen molar-refractivity contribution in [1.82, 2.24) is 9.55 Å². The molecule has 2 aromatic heterocycles. The second-order valence-corrected chi connectivity index (χ2v) is 8.50. The number of aromatic nitrogens is 2. The number of carbonyl (C=O) groups excluding carboxylic acids is 1. The van der Waals surface area contributed by atoms with Gasteiger partial charge in [0.2, 0.25) is 5.91 Å². The van der Waals surface area contributed by atoms with Gasteiger partial charge in [-0.15, -0.1) is 11.3 Å². The van der Waals surface area contributed by atoms with Gasteiger partial charge in [0.25, 0.3) is 5.56 Å². The summed E-state index contributed by atoms with van der Waals surface area (Å²) in [5, 5.41) is 2.48. The Morgan fingerprint density at radius 2 is 2.21 bits per heavy atom. The number of thioether (sulfide) groups is 1. The average Bonchev–Trinajstić information content (AvgIpc) is 3.17. The summed E-state index contributed by atoms with van der Waals surface area (Å²) in [5.41, 5.74) is 2.56. The third kappa shape index (κ3) is 3.54. The Morgan fingerprint density at radius 3 is 3.04 bits per heavy atom. The van der Waals surface area contributed by atoms with Crippen molar-refractivity contribution in [2.45, 2.75) is 32.0 Å². The minimum Gasteiger partial charge on any atom is -0.490 e. The van der Waals surface area contributed by atoms with Gasteiger partial charge in [-0.1, -0.05) is 24.8 Å². The molecule has 4 rings (SSSR count). The number of hydrogen-bond donors (Lipinski definition) is 0. The van der Waals surface area contributed by atoms with Crippen LogP contribution in [0.15, 0.2) is 39.6 Å². The Hall–Kier alpha value is -2.32. The molecule has 1 amide bonds. The lowest BCUT2D eigenvalue weighted by Gasteiger charge is -2.29. The van der Waals surface area contributed by atoms with E-state index in [1.807, 2.05) is 43.5 Å². The van der Waals surface area contributed by atoms with Crippen LogP contribution in [0.1, 0.15) is 18.9 Å². The second kappa shape index (κ2) is 7.97. The van der Waals surface area contributed by atoms with Crippen LogP contribution >= 0.6 is 23.1 Å². The summed E-state index contributed by atoms with van der Waals surface area (Å²) >= 11 is 2.73. The molecule has 0 aliphatic carbocycles. The maximum atomic E-state index is 12.9. The number of anilines is 1. The lowest BCUT2D eigenvalue weighted by atomic mass is 10.1. The van der Waals surface area contributed by atoms with Gasteiger partial charge in [0.1, 0.15) is 17.1 Å². The predicted molar refractivity (Wildman–Crippen MR) is 114 cm³/mol. The smallest absolute Gasteiger partial charge is 0.272 e. The summed E-state index contributed by atoms with van der Waals surface area (Å²) in [7, 11) is 0. The van der Waals surface area contributed by atoms with Crippen molar-refractivity contribution < 1.29 is 9.53 Å². The topological polar surface area (TPSA) is 64.4 Å². The second-order valence-electron chi connectivity index (χ2n) is 6.64. The van der Waals surface area contributed by atoms with Gasteiger partial charge in [0, 0.05) is 6.54 Å². The predicted octanol–water partition coefficient (Wildman–Crippen LogP) is 3.69. The van der Waals surface area contributed by atoms with Crippen LogP contribution in [0.25, 0.3) is 10.2 Å². The summed E-state index contributed by atoms with van der Waals surface area (Å²) in [5.74, 6) is 0.942. The van der Waals surface area contributed by atoms with Crippen LogP contribution in [-0.4, -0.2) is 34.4 Å². The van der Waals surface area contributed by atoms with Crippen molar-refractivity contribution in [1.29, 1.82) is 0 Å². The van der Waals surface area contributed by atoms with Crippen LogP contribution in [0.3, 0.4) is 0 Å². The Morgan fingerprint density at radius 1 is 1.36 bits per heavy atom. The summed E-state index contributed by atoms with van der Waals surface area (Å²) in [6, 6.07) is 7.71. The number of thiophene rings is 1. The number of benzene rings is 1. The van der Waals surface area contributed by atoms with Crippen molar-refractivity contribution in [3.05, 3.63) is 45.6 Å². The first kappa shape index (κ1) is 19.0. The van der Waals surface area contributed by atoms with E-state index in [9.17, 15) is 9.59 Å². The van der Waals surface area contributed by atoms with Crippen LogP contribution in [0, 0.1) is 6.92 Å². The van der Waals surface area contributed by atoms with E-state index in [0.717, 1.165) is 23.4 Å². The summed E-state index contributed by atoms with van der Waals surface area (Å²) < 4.78 is 8.03. The number of amides is 1. The average molecular weight is 416 g/mol. The first-order valence-electron chi connectivity index (χ1n) is 9.23. The van der Waals surface area contributed by atoms with Crippen molar-refractivity contribution >= 4 is 44.9 Å². The molecule has 0 unspecified atom stereocenters. The first-order valence-corrected chi connectivity index (χ1v) is 11.1. The highest BCUT2D eigenvalue weighted by Crippen LogP contribution is 2.33. The van der Waals surface area contributed by atoms with E-state index in [0.29, 0.717) is 35.1 Å². The third-order valence-corrected chi connectivity index (χ3v) is 6.43. The van der Waals surface area contributed by atoms with E-state index in [1.165, 1.54) is 23.1 Å². The van der Waals surface area contributed by atoms with Gasteiger partial charge in [0.05, 0.1) is 23.5 Å². The molecule has 0 bridgehead atoms. The van der Waals surface area contributed by atoms with E-state index in [2.05, 4.69) is 4.98 Å². The van der Waals surface area contributed by atoms with Gasteiger partial charge in [-0.25, -0.2) is 4.98 Å². The maximum Gasteiger partial charge on any atom is 0.272 e. The molecule has 0 radical (unpaired) electrons.